The first kappa shape index (κ1) is 23.9. The molecule has 2 unspecified atom stereocenters. The van der Waals surface area contributed by atoms with Crippen LogP contribution < -0.4 is 16.0 Å². The van der Waals surface area contributed by atoms with Gasteiger partial charge in [0.15, 0.2) is 0 Å². The zero-order chi connectivity index (χ0) is 23.0. The Morgan fingerprint density at radius 3 is 2.03 bits per heavy atom. The van der Waals surface area contributed by atoms with Crippen molar-refractivity contribution in [1.82, 2.24) is 10.6 Å². The van der Waals surface area contributed by atoms with Crippen molar-refractivity contribution < 1.29 is 27.6 Å². The SMILES string of the molecule is CCC(C)C(NC(=O)c1ccccc1)C(=O)Nc1ccc(C(=O)NCC(F)(F)F)cc1. The van der Waals surface area contributed by atoms with Crippen molar-refractivity contribution in [3.8, 4) is 0 Å². The summed E-state index contributed by atoms with van der Waals surface area (Å²) in [6.07, 6.45) is -3.86. The molecule has 166 valence electrons. The second kappa shape index (κ2) is 10.6. The van der Waals surface area contributed by atoms with Crippen LogP contribution >= 0.6 is 0 Å². The number of benzene rings is 2. The smallest absolute Gasteiger partial charge is 0.343 e. The zero-order valence-electron chi connectivity index (χ0n) is 17.1. The molecule has 0 aromatic heterocycles. The predicted molar refractivity (Wildman–Crippen MR) is 111 cm³/mol. The molecular formula is C22H24F3N3O3. The molecule has 2 aromatic rings. The minimum Gasteiger partial charge on any atom is -0.343 e. The summed E-state index contributed by atoms with van der Waals surface area (Å²) in [6.45, 7) is 2.31. The van der Waals surface area contributed by atoms with Crippen LogP contribution in [0.5, 0.6) is 0 Å². The first-order valence-electron chi connectivity index (χ1n) is 9.72. The molecule has 0 aliphatic carbocycles. The fourth-order valence-corrected chi connectivity index (χ4v) is 2.72. The Bertz CT molecular complexity index is 900. The van der Waals surface area contributed by atoms with E-state index in [9.17, 15) is 27.6 Å². The van der Waals surface area contributed by atoms with E-state index in [0.29, 0.717) is 17.7 Å². The van der Waals surface area contributed by atoms with Crippen LogP contribution in [0, 0.1) is 5.92 Å². The maximum absolute atomic E-state index is 12.8. The van der Waals surface area contributed by atoms with Gasteiger partial charge in [-0.2, -0.15) is 13.2 Å². The Morgan fingerprint density at radius 1 is 0.903 bits per heavy atom. The molecule has 3 N–H and O–H groups in total. The highest BCUT2D eigenvalue weighted by molar-refractivity contribution is 6.01. The molecular weight excluding hydrogens is 411 g/mol. The number of anilines is 1. The highest BCUT2D eigenvalue weighted by Gasteiger charge is 2.28. The average molecular weight is 435 g/mol. The molecule has 0 spiro atoms. The first-order chi connectivity index (χ1) is 14.6. The van der Waals surface area contributed by atoms with Crippen molar-refractivity contribution in [2.24, 2.45) is 5.92 Å². The standard InChI is InChI=1S/C22H24F3N3O3/c1-3-14(2)18(28-20(30)15-7-5-4-6-8-15)21(31)27-17-11-9-16(10-12-17)19(29)26-13-22(23,24)25/h4-12,14,18H,3,13H2,1-2H3,(H,26,29)(H,27,31)(H,28,30). The van der Waals surface area contributed by atoms with Gasteiger partial charge in [-0.1, -0.05) is 38.5 Å². The molecule has 0 aliphatic rings. The quantitative estimate of drug-likeness (QED) is 0.590. The monoisotopic (exact) mass is 435 g/mol. The normalized spacial score (nSPS) is 13.1. The van der Waals surface area contributed by atoms with Crippen LogP contribution in [0.1, 0.15) is 41.0 Å². The molecule has 0 bridgehead atoms. The molecule has 0 saturated carbocycles. The second-order valence-electron chi connectivity index (χ2n) is 7.07. The van der Waals surface area contributed by atoms with Crippen molar-refractivity contribution in [3.05, 3.63) is 65.7 Å². The summed E-state index contributed by atoms with van der Waals surface area (Å²) in [5, 5.41) is 7.19. The third-order valence-corrected chi connectivity index (χ3v) is 4.68. The lowest BCUT2D eigenvalue weighted by Crippen LogP contribution is -2.47. The summed E-state index contributed by atoms with van der Waals surface area (Å²) in [5.41, 5.74) is 0.801. The lowest BCUT2D eigenvalue weighted by Gasteiger charge is -2.23. The van der Waals surface area contributed by atoms with Crippen LogP contribution in [0.2, 0.25) is 0 Å². The number of hydrogen-bond acceptors (Lipinski definition) is 3. The Hall–Kier alpha value is -3.36. The van der Waals surface area contributed by atoms with Crippen LogP contribution in [0.15, 0.2) is 54.6 Å². The lowest BCUT2D eigenvalue weighted by molar-refractivity contribution is -0.123. The molecule has 2 aromatic carbocycles. The third-order valence-electron chi connectivity index (χ3n) is 4.68. The van der Waals surface area contributed by atoms with Gasteiger partial charge in [-0.15, -0.1) is 0 Å². The molecule has 31 heavy (non-hydrogen) atoms. The molecule has 3 amide bonds. The molecule has 0 saturated heterocycles. The molecule has 9 heteroatoms. The van der Waals surface area contributed by atoms with Gasteiger partial charge in [0.25, 0.3) is 11.8 Å². The number of rotatable bonds is 8. The summed E-state index contributed by atoms with van der Waals surface area (Å²) in [7, 11) is 0. The maximum atomic E-state index is 12.8. The van der Waals surface area contributed by atoms with Gasteiger partial charge in [0.2, 0.25) is 5.91 Å². The van der Waals surface area contributed by atoms with Crippen molar-refractivity contribution in [2.45, 2.75) is 32.5 Å². The van der Waals surface area contributed by atoms with Gasteiger partial charge >= 0.3 is 6.18 Å². The van der Waals surface area contributed by atoms with Gasteiger partial charge < -0.3 is 16.0 Å². The largest absolute Gasteiger partial charge is 0.405 e. The highest BCUT2D eigenvalue weighted by Crippen LogP contribution is 2.16. The molecule has 0 heterocycles. The van der Waals surface area contributed by atoms with E-state index in [1.54, 1.807) is 35.6 Å². The number of carbonyl (C=O) groups is 3. The predicted octanol–water partition coefficient (Wildman–Crippen LogP) is 3.76. The van der Waals surface area contributed by atoms with Crippen LogP contribution in [0.3, 0.4) is 0 Å². The number of carbonyl (C=O) groups excluding carboxylic acids is 3. The lowest BCUT2D eigenvalue weighted by atomic mass is 9.97. The van der Waals surface area contributed by atoms with Crippen LogP contribution in [0.4, 0.5) is 18.9 Å². The van der Waals surface area contributed by atoms with E-state index in [1.165, 1.54) is 24.3 Å². The van der Waals surface area contributed by atoms with Crippen LogP contribution in [-0.4, -0.2) is 36.5 Å². The van der Waals surface area contributed by atoms with Crippen molar-refractivity contribution in [1.29, 1.82) is 0 Å². The van der Waals surface area contributed by atoms with Gasteiger partial charge in [-0.05, 0) is 42.3 Å². The second-order valence-corrected chi connectivity index (χ2v) is 7.07. The van der Waals surface area contributed by atoms with E-state index in [-0.39, 0.29) is 17.4 Å². The zero-order valence-corrected chi connectivity index (χ0v) is 17.1. The van der Waals surface area contributed by atoms with E-state index in [4.69, 9.17) is 0 Å². The van der Waals surface area contributed by atoms with E-state index >= 15 is 0 Å². The molecule has 0 aliphatic heterocycles. The molecule has 0 radical (unpaired) electrons. The number of hydrogen-bond donors (Lipinski definition) is 3. The fourth-order valence-electron chi connectivity index (χ4n) is 2.72. The van der Waals surface area contributed by atoms with E-state index in [0.717, 1.165) is 0 Å². The third kappa shape index (κ3) is 7.44. The summed E-state index contributed by atoms with van der Waals surface area (Å²) in [6, 6.07) is 13.1. The molecule has 0 fully saturated rings. The Kier molecular flexibility index (Phi) is 8.18. The molecule has 6 nitrogen and oxygen atoms in total. The molecule has 2 atom stereocenters. The summed E-state index contributed by atoms with van der Waals surface area (Å²) >= 11 is 0. The number of halogens is 3. The van der Waals surface area contributed by atoms with Crippen molar-refractivity contribution >= 4 is 23.4 Å². The minimum atomic E-state index is -4.50. The fraction of sp³-hybridized carbons (Fsp3) is 0.318. The number of alkyl halides is 3. The van der Waals surface area contributed by atoms with Crippen molar-refractivity contribution in [3.63, 3.8) is 0 Å². The van der Waals surface area contributed by atoms with Crippen LogP contribution in [0.25, 0.3) is 0 Å². The van der Waals surface area contributed by atoms with Gasteiger partial charge in [0, 0.05) is 16.8 Å². The Morgan fingerprint density at radius 2 is 1.48 bits per heavy atom. The maximum Gasteiger partial charge on any atom is 0.405 e. The Labute approximate surface area is 178 Å². The van der Waals surface area contributed by atoms with Gasteiger partial charge in [0.1, 0.15) is 12.6 Å². The average Bonchev–Trinajstić information content (AvgIpc) is 2.75. The Balaban J connectivity index is 2.04. The number of nitrogens with one attached hydrogen (secondary N) is 3. The van der Waals surface area contributed by atoms with E-state index in [1.807, 2.05) is 13.8 Å². The van der Waals surface area contributed by atoms with Gasteiger partial charge in [0.05, 0.1) is 0 Å². The van der Waals surface area contributed by atoms with Gasteiger partial charge in [-0.25, -0.2) is 0 Å². The topological polar surface area (TPSA) is 87.3 Å². The molecule has 2 rings (SSSR count). The van der Waals surface area contributed by atoms with Crippen molar-refractivity contribution in [2.75, 3.05) is 11.9 Å². The highest BCUT2D eigenvalue weighted by atomic mass is 19.4. The summed E-state index contributed by atoms with van der Waals surface area (Å²) in [4.78, 5) is 37.0. The van der Waals surface area contributed by atoms with E-state index < -0.39 is 30.6 Å². The summed E-state index contributed by atoms with van der Waals surface area (Å²) in [5.74, 6) is -1.84. The van der Waals surface area contributed by atoms with Crippen LogP contribution in [-0.2, 0) is 4.79 Å². The van der Waals surface area contributed by atoms with Gasteiger partial charge in [-0.3, -0.25) is 14.4 Å². The minimum absolute atomic E-state index is 0.0260. The van der Waals surface area contributed by atoms with E-state index in [2.05, 4.69) is 10.6 Å². The first-order valence-corrected chi connectivity index (χ1v) is 9.72. The number of amides is 3. The summed E-state index contributed by atoms with van der Waals surface area (Å²) < 4.78 is 36.6.